The predicted molar refractivity (Wildman–Crippen MR) is 113 cm³/mol. The maximum Gasteiger partial charge on any atom is 0.191 e. The Labute approximate surface area is 167 Å². The maximum atomic E-state index is 6.15. The summed E-state index contributed by atoms with van der Waals surface area (Å²) in [5, 5.41) is 0. The molecule has 2 N–H and O–H groups in total. The number of morpholine rings is 1. The van der Waals surface area contributed by atoms with E-state index in [1.54, 1.807) is 0 Å². The van der Waals surface area contributed by atoms with Crippen molar-refractivity contribution >= 4 is 35.8 Å². The largest absolute Gasteiger partial charge is 0.375 e. The Morgan fingerprint density at radius 1 is 1.32 bits per heavy atom. The number of likely N-dealkylation sites (tertiary alicyclic amines) is 1. The van der Waals surface area contributed by atoms with Gasteiger partial charge in [0.15, 0.2) is 5.96 Å². The first kappa shape index (κ1) is 20.2. The molecule has 0 aliphatic carbocycles. The number of piperidine rings is 1. The lowest BCUT2D eigenvalue weighted by molar-refractivity contribution is 0.0529. The van der Waals surface area contributed by atoms with Crippen molar-refractivity contribution in [3.05, 3.63) is 23.9 Å². The summed E-state index contributed by atoms with van der Waals surface area (Å²) in [6.45, 7) is 9.55. The van der Waals surface area contributed by atoms with Gasteiger partial charge >= 0.3 is 0 Å². The fraction of sp³-hybridized carbons (Fsp3) is 0.667. The number of rotatable bonds is 3. The Bertz CT molecular complexity index is 565. The van der Waals surface area contributed by atoms with Gasteiger partial charge in [-0.15, -0.1) is 24.0 Å². The lowest BCUT2D eigenvalue weighted by atomic mass is 10.0. The molecular weight excluding hydrogens is 429 g/mol. The van der Waals surface area contributed by atoms with Gasteiger partial charge in [-0.05, 0) is 37.3 Å². The van der Waals surface area contributed by atoms with Gasteiger partial charge < -0.3 is 20.3 Å². The van der Waals surface area contributed by atoms with Crippen LogP contribution >= 0.6 is 24.0 Å². The van der Waals surface area contributed by atoms with Gasteiger partial charge in [-0.3, -0.25) is 0 Å². The van der Waals surface area contributed by atoms with Crippen LogP contribution in [0, 0.1) is 5.92 Å². The zero-order valence-corrected chi connectivity index (χ0v) is 17.6. The van der Waals surface area contributed by atoms with E-state index in [1.807, 2.05) is 6.20 Å². The standard InChI is InChI=1S/C18H29N5O.HI/c1-14-4-3-7-23(12-14)18(19)21-11-16-5-6-17(20-10-16)22-8-9-24-15(2)13-22;/h5-6,10,14-15H,3-4,7-9,11-13H2,1-2H3,(H2,19,21);1H. The van der Waals surface area contributed by atoms with Crippen LogP contribution in [0.4, 0.5) is 5.82 Å². The monoisotopic (exact) mass is 459 g/mol. The number of guanidine groups is 1. The number of aliphatic imine (C=N–C) groups is 1. The van der Waals surface area contributed by atoms with E-state index >= 15 is 0 Å². The number of pyridine rings is 1. The van der Waals surface area contributed by atoms with Crippen molar-refractivity contribution in [1.29, 1.82) is 0 Å². The molecule has 2 aliphatic heterocycles. The Hall–Kier alpha value is -1.09. The number of halogens is 1. The SMILES string of the molecule is CC1CCCN(C(N)=NCc2ccc(N3CCOC(C)C3)nc2)C1.I. The Balaban J connectivity index is 0.00000225. The second kappa shape index (κ2) is 9.56. The summed E-state index contributed by atoms with van der Waals surface area (Å²) in [5.74, 6) is 2.37. The highest BCUT2D eigenvalue weighted by Crippen LogP contribution is 2.17. The molecule has 2 unspecified atom stereocenters. The van der Waals surface area contributed by atoms with E-state index in [0.29, 0.717) is 18.4 Å². The van der Waals surface area contributed by atoms with Crippen molar-refractivity contribution in [1.82, 2.24) is 9.88 Å². The van der Waals surface area contributed by atoms with Gasteiger partial charge in [0.05, 0.1) is 19.3 Å². The summed E-state index contributed by atoms with van der Waals surface area (Å²) < 4.78 is 5.58. The highest BCUT2D eigenvalue weighted by atomic mass is 127. The van der Waals surface area contributed by atoms with Crippen molar-refractivity contribution in [3.63, 3.8) is 0 Å². The summed E-state index contributed by atoms with van der Waals surface area (Å²) in [5.41, 5.74) is 7.24. The molecule has 7 heteroatoms. The Morgan fingerprint density at radius 3 is 2.84 bits per heavy atom. The summed E-state index contributed by atoms with van der Waals surface area (Å²) >= 11 is 0. The van der Waals surface area contributed by atoms with E-state index in [4.69, 9.17) is 10.5 Å². The average molecular weight is 459 g/mol. The lowest BCUT2D eigenvalue weighted by Crippen LogP contribution is -2.43. The molecule has 1 aromatic heterocycles. The van der Waals surface area contributed by atoms with Gasteiger partial charge in [0.1, 0.15) is 5.82 Å². The molecule has 3 rings (SSSR count). The lowest BCUT2D eigenvalue weighted by Gasteiger charge is -2.32. The number of anilines is 1. The van der Waals surface area contributed by atoms with Crippen molar-refractivity contribution in [3.8, 4) is 0 Å². The number of hydrogen-bond acceptors (Lipinski definition) is 4. The predicted octanol–water partition coefficient (Wildman–Crippen LogP) is 2.47. The van der Waals surface area contributed by atoms with E-state index in [0.717, 1.165) is 44.2 Å². The van der Waals surface area contributed by atoms with Crippen molar-refractivity contribution in [2.45, 2.75) is 39.3 Å². The van der Waals surface area contributed by atoms with Gasteiger partial charge in [-0.2, -0.15) is 0 Å². The molecule has 0 bridgehead atoms. The minimum Gasteiger partial charge on any atom is -0.375 e. The number of ether oxygens (including phenoxy) is 1. The van der Waals surface area contributed by atoms with Crippen LogP contribution in [0.15, 0.2) is 23.3 Å². The summed E-state index contributed by atoms with van der Waals surface area (Å²) in [6, 6.07) is 4.17. The minimum atomic E-state index is 0. The van der Waals surface area contributed by atoms with Crippen LogP contribution in [0.2, 0.25) is 0 Å². The second-order valence-electron chi connectivity index (χ2n) is 7.02. The third-order valence-electron chi connectivity index (χ3n) is 4.78. The van der Waals surface area contributed by atoms with Crippen LogP contribution in [0.25, 0.3) is 0 Å². The molecule has 6 nitrogen and oxygen atoms in total. The highest BCUT2D eigenvalue weighted by Gasteiger charge is 2.18. The number of nitrogens with zero attached hydrogens (tertiary/aromatic N) is 4. The fourth-order valence-corrected chi connectivity index (χ4v) is 3.39. The first-order valence-corrected chi connectivity index (χ1v) is 8.98. The molecule has 2 saturated heterocycles. The van der Waals surface area contributed by atoms with E-state index in [9.17, 15) is 0 Å². The number of hydrogen-bond donors (Lipinski definition) is 1. The first-order valence-electron chi connectivity index (χ1n) is 8.98. The zero-order chi connectivity index (χ0) is 16.9. The third-order valence-corrected chi connectivity index (χ3v) is 4.78. The van der Waals surface area contributed by atoms with Crippen LogP contribution in [0.3, 0.4) is 0 Å². The fourth-order valence-electron chi connectivity index (χ4n) is 3.39. The second-order valence-corrected chi connectivity index (χ2v) is 7.02. The number of nitrogens with two attached hydrogens (primary N) is 1. The van der Waals surface area contributed by atoms with Crippen molar-refractivity contribution < 1.29 is 4.74 Å². The first-order chi connectivity index (χ1) is 11.6. The van der Waals surface area contributed by atoms with Crippen LogP contribution in [0.1, 0.15) is 32.3 Å². The molecule has 3 heterocycles. The smallest absolute Gasteiger partial charge is 0.191 e. The summed E-state index contributed by atoms with van der Waals surface area (Å²) in [4.78, 5) is 13.6. The summed E-state index contributed by atoms with van der Waals surface area (Å²) in [6.07, 6.45) is 4.66. The molecule has 1 aromatic rings. The molecule has 140 valence electrons. The highest BCUT2D eigenvalue weighted by molar-refractivity contribution is 14.0. The topological polar surface area (TPSA) is 67.0 Å². The molecule has 0 saturated carbocycles. The minimum absolute atomic E-state index is 0. The van der Waals surface area contributed by atoms with Crippen LogP contribution in [-0.2, 0) is 11.3 Å². The quantitative estimate of drug-likeness (QED) is 0.428. The van der Waals surface area contributed by atoms with Gasteiger partial charge in [-0.25, -0.2) is 9.98 Å². The molecule has 25 heavy (non-hydrogen) atoms. The van der Waals surface area contributed by atoms with Crippen LogP contribution in [-0.4, -0.2) is 54.7 Å². The van der Waals surface area contributed by atoms with Gasteiger partial charge in [0.25, 0.3) is 0 Å². The zero-order valence-electron chi connectivity index (χ0n) is 15.2. The molecular formula is C18H30IN5O. The molecule has 0 amide bonds. The van der Waals surface area contributed by atoms with E-state index in [2.05, 4.69) is 45.8 Å². The van der Waals surface area contributed by atoms with Crippen LogP contribution in [0.5, 0.6) is 0 Å². The van der Waals surface area contributed by atoms with Gasteiger partial charge in [0.2, 0.25) is 0 Å². The third kappa shape index (κ3) is 5.70. The molecule has 2 fully saturated rings. The Morgan fingerprint density at radius 2 is 2.16 bits per heavy atom. The molecule has 2 aliphatic rings. The Kier molecular flexibility index (Phi) is 7.74. The van der Waals surface area contributed by atoms with Gasteiger partial charge in [0, 0.05) is 32.4 Å². The number of aromatic nitrogens is 1. The molecule has 2 atom stereocenters. The van der Waals surface area contributed by atoms with Crippen LogP contribution < -0.4 is 10.6 Å². The van der Waals surface area contributed by atoms with E-state index in [1.165, 1.54) is 12.8 Å². The molecule has 0 aromatic carbocycles. The van der Waals surface area contributed by atoms with E-state index < -0.39 is 0 Å². The van der Waals surface area contributed by atoms with E-state index in [-0.39, 0.29) is 30.1 Å². The van der Waals surface area contributed by atoms with Crippen molar-refractivity contribution in [2.24, 2.45) is 16.6 Å². The van der Waals surface area contributed by atoms with Gasteiger partial charge in [-0.1, -0.05) is 13.0 Å². The summed E-state index contributed by atoms with van der Waals surface area (Å²) in [7, 11) is 0. The molecule has 0 radical (unpaired) electrons. The maximum absolute atomic E-state index is 6.15. The van der Waals surface area contributed by atoms with Crippen molar-refractivity contribution in [2.75, 3.05) is 37.7 Å². The normalized spacial score (nSPS) is 24.8. The average Bonchev–Trinajstić information content (AvgIpc) is 2.60. The molecule has 0 spiro atoms.